The van der Waals surface area contributed by atoms with Gasteiger partial charge in [0.05, 0.1) is 25.2 Å². The van der Waals surface area contributed by atoms with Crippen molar-refractivity contribution in [2.75, 3.05) is 30.5 Å². The van der Waals surface area contributed by atoms with Gasteiger partial charge in [0, 0.05) is 11.8 Å². The standard InChI is InChI=1S/C17H17F2NO3S/c1-22-13-3-5-14(6-4-13)23-8-9-24-11-17(21)20-16-10-12(18)2-7-15(16)19/h2-7,10H,8-9,11H2,1H3,(H,20,21). The molecule has 2 aromatic rings. The highest BCUT2D eigenvalue weighted by Gasteiger charge is 2.08. The highest BCUT2D eigenvalue weighted by Crippen LogP contribution is 2.18. The second-order valence-corrected chi connectivity index (χ2v) is 5.85. The van der Waals surface area contributed by atoms with Crippen molar-refractivity contribution < 1.29 is 23.0 Å². The minimum absolute atomic E-state index is 0.127. The first-order valence-electron chi connectivity index (χ1n) is 7.18. The van der Waals surface area contributed by atoms with Crippen LogP contribution in [0, 0.1) is 11.6 Å². The number of amides is 1. The maximum atomic E-state index is 13.4. The molecule has 0 saturated heterocycles. The van der Waals surface area contributed by atoms with E-state index in [1.807, 2.05) is 0 Å². The molecule has 0 aliphatic rings. The molecule has 0 unspecified atom stereocenters. The number of ether oxygens (including phenoxy) is 2. The Morgan fingerprint density at radius 2 is 1.83 bits per heavy atom. The molecule has 24 heavy (non-hydrogen) atoms. The van der Waals surface area contributed by atoms with Crippen LogP contribution < -0.4 is 14.8 Å². The quantitative estimate of drug-likeness (QED) is 0.735. The Hall–Kier alpha value is -2.28. The lowest BCUT2D eigenvalue weighted by atomic mass is 10.3. The second kappa shape index (κ2) is 9.12. The van der Waals surface area contributed by atoms with E-state index in [1.54, 1.807) is 31.4 Å². The zero-order valence-electron chi connectivity index (χ0n) is 13.1. The molecule has 2 rings (SSSR count). The van der Waals surface area contributed by atoms with Crippen LogP contribution >= 0.6 is 11.8 Å². The van der Waals surface area contributed by atoms with E-state index in [2.05, 4.69) is 5.32 Å². The first kappa shape index (κ1) is 18.1. The van der Waals surface area contributed by atoms with Gasteiger partial charge in [-0.15, -0.1) is 11.8 Å². The number of carbonyl (C=O) groups is 1. The van der Waals surface area contributed by atoms with Crippen molar-refractivity contribution in [3.05, 3.63) is 54.1 Å². The van der Waals surface area contributed by atoms with Crippen LogP contribution in [-0.2, 0) is 4.79 Å². The average molecular weight is 353 g/mol. The molecular formula is C17H17F2NO3S. The number of hydrogen-bond acceptors (Lipinski definition) is 4. The number of nitrogens with one attached hydrogen (secondary N) is 1. The van der Waals surface area contributed by atoms with Crippen LogP contribution in [0.2, 0.25) is 0 Å². The van der Waals surface area contributed by atoms with Gasteiger partial charge in [-0.1, -0.05) is 0 Å². The highest BCUT2D eigenvalue weighted by atomic mass is 32.2. The van der Waals surface area contributed by atoms with Gasteiger partial charge in [0.2, 0.25) is 5.91 Å². The van der Waals surface area contributed by atoms with E-state index >= 15 is 0 Å². The predicted octanol–water partition coefficient (Wildman–Crippen LogP) is 3.72. The molecule has 0 aliphatic heterocycles. The summed E-state index contributed by atoms with van der Waals surface area (Å²) in [7, 11) is 1.59. The maximum absolute atomic E-state index is 13.4. The Kier molecular flexibility index (Phi) is 6.87. The van der Waals surface area contributed by atoms with Crippen LogP contribution in [0.1, 0.15) is 0 Å². The Morgan fingerprint density at radius 1 is 1.12 bits per heavy atom. The zero-order valence-corrected chi connectivity index (χ0v) is 13.9. The number of halogens is 2. The van der Waals surface area contributed by atoms with Crippen molar-refractivity contribution in [3.8, 4) is 11.5 Å². The molecule has 0 radical (unpaired) electrons. The number of rotatable bonds is 8. The number of methoxy groups -OCH3 is 1. The first-order valence-corrected chi connectivity index (χ1v) is 8.33. The molecule has 0 atom stereocenters. The number of hydrogen-bond donors (Lipinski definition) is 1. The molecule has 4 nitrogen and oxygen atoms in total. The van der Waals surface area contributed by atoms with Gasteiger partial charge in [-0.3, -0.25) is 4.79 Å². The van der Waals surface area contributed by atoms with Crippen molar-refractivity contribution in [2.24, 2.45) is 0 Å². The van der Waals surface area contributed by atoms with E-state index in [0.717, 1.165) is 23.9 Å². The summed E-state index contributed by atoms with van der Waals surface area (Å²) in [5.41, 5.74) is -0.157. The molecule has 1 amide bonds. The van der Waals surface area contributed by atoms with Gasteiger partial charge in [-0.05, 0) is 36.4 Å². The van der Waals surface area contributed by atoms with E-state index in [9.17, 15) is 13.6 Å². The van der Waals surface area contributed by atoms with E-state index in [1.165, 1.54) is 11.8 Å². The van der Waals surface area contributed by atoms with Gasteiger partial charge in [0.25, 0.3) is 0 Å². The Balaban J connectivity index is 1.66. The fourth-order valence-electron chi connectivity index (χ4n) is 1.83. The van der Waals surface area contributed by atoms with E-state index < -0.39 is 17.5 Å². The fraction of sp³-hybridized carbons (Fsp3) is 0.235. The SMILES string of the molecule is COc1ccc(OCCSCC(=O)Nc2cc(F)ccc2F)cc1. The third-order valence-corrected chi connectivity index (χ3v) is 3.91. The van der Waals surface area contributed by atoms with Crippen LogP contribution in [0.4, 0.5) is 14.5 Å². The van der Waals surface area contributed by atoms with Crippen molar-refractivity contribution in [1.29, 1.82) is 0 Å². The summed E-state index contributed by atoms with van der Waals surface area (Å²) in [6, 6.07) is 10.1. The summed E-state index contributed by atoms with van der Waals surface area (Å²) in [5, 5.41) is 2.34. The summed E-state index contributed by atoms with van der Waals surface area (Å²) < 4.78 is 37.0. The number of thioether (sulfide) groups is 1. The molecular weight excluding hydrogens is 336 g/mol. The number of carbonyl (C=O) groups excluding carboxylic acids is 1. The smallest absolute Gasteiger partial charge is 0.234 e. The molecule has 0 aromatic heterocycles. The predicted molar refractivity (Wildman–Crippen MR) is 90.8 cm³/mol. The molecule has 2 aromatic carbocycles. The van der Waals surface area contributed by atoms with Gasteiger partial charge in [0.15, 0.2) is 0 Å². The van der Waals surface area contributed by atoms with Crippen LogP contribution in [0.15, 0.2) is 42.5 Å². The van der Waals surface area contributed by atoms with Gasteiger partial charge >= 0.3 is 0 Å². The normalized spacial score (nSPS) is 10.3. The number of benzene rings is 2. The van der Waals surface area contributed by atoms with E-state index in [-0.39, 0.29) is 11.4 Å². The minimum atomic E-state index is -0.669. The summed E-state index contributed by atoms with van der Waals surface area (Å²) >= 11 is 1.34. The summed E-state index contributed by atoms with van der Waals surface area (Å²) in [6.45, 7) is 0.429. The van der Waals surface area contributed by atoms with Gasteiger partial charge in [-0.25, -0.2) is 8.78 Å². The van der Waals surface area contributed by atoms with Gasteiger partial charge in [0.1, 0.15) is 23.1 Å². The van der Waals surface area contributed by atoms with Crippen molar-refractivity contribution in [2.45, 2.75) is 0 Å². The molecule has 0 bridgehead atoms. The van der Waals surface area contributed by atoms with Crippen molar-refractivity contribution in [3.63, 3.8) is 0 Å². The summed E-state index contributed by atoms with van der Waals surface area (Å²) in [4.78, 5) is 11.7. The van der Waals surface area contributed by atoms with Crippen LogP contribution in [-0.4, -0.2) is 31.1 Å². The second-order valence-electron chi connectivity index (χ2n) is 4.75. The minimum Gasteiger partial charge on any atom is -0.497 e. The van der Waals surface area contributed by atoms with Crippen LogP contribution in [0.25, 0.3) is 0 Å². The molecule has 1 N–H and O–H groups in total. The summed E-state index contributed by atoms with van der Waals surface area (Å²) in [5.74, 6) is 0.506. The molecule has 128 valence electrons. The van der Waals surface area contributed by atoms with Crippen LogP contribution in [0.5, 0.6) is 11.5 Å². The molecule has 0 saturated carbocycles. The largest absolute Gasteiger partial charge is 0.497 e. The maximum Gasteiger partial charge on any atom is 0.234 e. The van der Waals surface area contributed by atoms with E-state index in [4.69, 9.17) is 9.47 Å². The molecule has 7 heteroatoms. The monoisotopic (exact) mass is 353 g/mol. The van der Waals surface area contributed by atoms with Crippen molar-refractivity contribution >= 4 is 23.4 Å². The average Bonchev–Trinajstić information content (AvgIpc) is 2.58. The third kappa shape index (κ3) is 5.73. The topological polar surface area (TPSA) is 47.6 Å². The summed E-state index contributed by atoms with van der Waals surface area (Å²) in [6.07, 6.45) is 0. The van der Waals surface area contributed by atoms with Crippen LogP contribution in [0.3, 0.4) is 0 Å². The zero-order chi connectivity index (χ0) is 17.4. The van der Waals surface area contributed by atoms with Crippen molar-refractivity contribution in [1.82, 2.24) is 0 Å². The number of anilines is 1. The lowest BCUT2D eigenvalue weighted by molar-refractivity contribution is -0.113. The Bertz CT molecular complexity index is 680. The molecule has 0 fully saturated rings. The third-order valence-electron chi connectivity index (χ3n) is 2.99. The first-order chi connectivity index (χ1) is 11.6. The lowest BCUT2D eigenvalue weighted by Gasteiger charge is -2.08. The van der Waals surface area contributed by atoms with Gasteiger partial charge in [-0.2, -0.15) is 0 Å². The lowest BCUT2D eigenvalue weighted by Crippen LogP contribution is -2.16. The molecule has 0 spiro atoms. The van der Waals surface area contributed by atoms with E-state index in [0.29, 0.717) is 18.1 Å². The molecule has 0 aliphatic carbocycles. The molecule has 0 heterocycles. The highest BCUT2D eigenvalue weighted by molar-refractivity contribution is 7.99. The fourth-order valence-corrected chi connectivity index (χ4v) is 2.44. The Labute approximate surface area is 143 Å². The van der Waals surface area contributed by atoms with Gasteiger partial charge < -0.3 is 14.8 Å². The Morgan fingerprint density at radius 3 is 2.54 bits per heavy atom.